The largest absolute Gasteiger partial charge is 0.507 e. The van der Waals surface area contributed by atoms with Crippen LogP contribution in [0.5, 0.6) is 5.75 Å². The number of amides is 2. The Balaban J connectivity index is 1.64. The molecule has 2 aliphatic rings. The van der Waals surface area contributed by atoms with Crippen molar-refractivity contribution in [3.05, 3.63) is 75.3 Å². The van der Waals surface area contributed by atoms with Crippen molar-refractivity contribution >= 4 is 39.4 Å². The Labute approximate surface area is 220 Å². The highest BCUT2D eigenvalue weighted by molar-refractivity contribution is 9.10. The van der Waals surface area contributed by atoms with Crippen LogP contribution in [0.1, 0.15) is 43.7 Å². The molecule has 7 heteroatoms. The van der Waals surface area contributed by atoms with E-state index >= 15 is 0 Å². The zero-order valence-electron chi connectivity index (χ0n) is 20.5. The van der Waals surface area contributed by atoms with Crippen molar-refractivity contribution in [2.45, 2.75) is 38.7 Å². The topological polar surface area (TPSA) is 98.1 Å². The SMILES string of the molecule is CCC1=C([C@H](O)CC/C(=C/c2cc(Br)ccc2O)c2ccccc2)[C@H](CO)[C@@H]2C(=O)N(C)C(=O)[C@@H]2C1. The average molecular weight is 554 g/mol. The number of aliphatic hydroxyl groups excluding tert-OH is 2. The molecule has 0 saturated carbocycles. The fourth-order valence-corrected chi connectivity index (χ4v) is 6.06. The summed E-state index contributed by atoms with van der Waals surface area (Å²) in [7, 11) is 1.49. The number of imide groups is 1. The molecule has 1 aliphatic carbocycles. The molecule has 0 spiro atoms. The maximum absolute atomic E-state index is 12.8. The maximum atomic E-state index is 12.8. The number of rotatable bonds is 8. The molecule has 6 nitrogen and oxygen atoms in total. The molecule has 4 rings (SSSR count). The van der Waals surface area contributed by atoms with E-state index in [1.54, 1.807) is 12.1 Å². The number of aromatic hydroxyl groups is 1. The standard InChI is InChI=1S/C29H32BrNO5/c1-3-17-15-22-27(29(36)31(2)28(22)35)23(16-32)26(17)25(34)11-9-19(18-7-5-4-6-8-18)13-20-14-21(30)10-12-24(20)33/h4-8,10,12-14,22-23,25,27,32-34H,3,9,11,15-16H2,1-2H3/b19-13-/t22-,23+,25-,27-/m1/s1. The molecule has 2 aromatic carbocycles. The number of phenols is 1. The van der Waals surface area contributed by atoms with E-state index < -0.39 is 23.9 Å². The van der Waals surface area contributed by atoms with Gasteiger partial charge in [-0.1, -0.05) is 58.8 Å². The molecular formula is C29H32BrNO5. The van der Waals surface area contributed by atoms with Gasteiger partial charge in [-0.3, -0.25) is 14.5 Å². The lowest BCUT2D eigenvalue weighted by Gasteiger charge is -2.36. The number of fused-ring (bicyclic) bond motifs is 1. The second-order valence-corrected chi connectivity index (χ2v) is 10.5. The number of aliphatic hydroxyl groups is 2. The van der Waals surface area contributed by atoms with Gasteiger partial charge in [0.25, 0.3) is 0 Å². The Morgan fingerprint density at radius 3 is 2.56 bits per heavy atom. The Morgan fingerprint density at radius 1 is 1.17 bits per heavy atom. The van der Waals surface area contributed by atoms with Gasteiger partial charge in [-0.05, 0) is 66.7 Å². The van der Waals surface area contributed by atoms with Gasteiger partial charge in [-0.15, -0.1) is 0 Å². The number of phenolic OH excluding ortho intramolecular Hbond substituents is 1. The van der Waals surface area contributed by atoms with Gasteiger partial charge in [0.15, 0.2) is 0 Å². The van der Waals surface area contributed by atoms with Crippen LogP contribution in [0, 0.1) is 17.8 Å². The molecular weight excluding hydrogens is 522 g/mol. The third-order valence-electron chi connectivity index (χ3n) is 7.54. The van der Waals surface area contributed by atoms with Gasteiger partial charge in [0.05, 0.1) is 24.5 Å². The average Bonchev–Trinajstić information content (AvgIpc) is 3.11. The molecule has 1 aliphatic heterocycles. The van der Waals surface area contributed by atoms with Crippen molar-refractivity contribution in [1.82, 2.24) is 4.90 Å². The van der Waals surface area contributed by atoms with Crippen molar-refractivity contribution < 1.29 is 24.9 Å². The molecule has 3 N–H and O–H groups in total. The molecule has 0 radical (unpaired) electrons. The first-order valence-corrected chi connectivity index (χ1v) is 13.1. The predicted octanol–water partition coefficient (Wildman–Crippen LogP) is 4.79. The van der Waals surface area contributed by atoms with Gasteiger partial charge in [-0.25, -0.2) is 0 Å². The number of allylic oxidation sites excluding steroid dienone is 2. The van der Waals surface area contributed by atoms with Gasteiger partial charge in [0.1, 0.15) is 5.75 Å². The lowest BCUT2D eigenvalue weighted by atomic mass is 9.67. The van der Waals surface area contributed by atoms with Crippen LogP contribution in [-0.2, 0) is 9.59 Å². The second kappa shape index (κ2) is 11.1. The number of benzene rings is 2. The fourth-order valence-electron chi connectivity index (χ4n) is 5.68. The fraction of sp³-hybridized carbons (Fsp3) is 0.379. The van der Waals surface area contributed by atoms with E-state index in [9.17, 15) is 24.9 Å². The van der Waals surface area contributed by atoms with Crippen LogP contribution in [0.3, 0.4) is 0 Å². The Morgan fingerprint density at radius 2 is 1.89 bits per heavy atom. The highest BCUT2D eigenvalue weighted by Crippen LogP contribution is 2.46. The third-order valence-corrected chi connectivity index (χ3v) is 8.03. The van der Waals surface area contributed by atoms with E-state index in [1.165, 1.54) is 11.9 Å². The molecule has 4 atom stereocenters. The number of halogens is 1. The number of nitrogens with zero attached hydrogens (tertiary/aromatic N) is 1. The summed E-state index contributed by atoms with van der Waals surface area (Å²) in [5.41, 5.74) is 4.25. The van der Waals surface area contributed by atoms with Crippen LogP contribution in [-0.4, -0.2) is 51.8 Å². The molecule has 0 bridgehead atoms. The summed E-state index contributed by atoms with van der Waals surface area (Å²) < 4.78 is 0.847. The molecule has 1 fully saturated rings. The predicted molar refractivity (Wildman–Crippen MR) is 143 cm³/mol. The lowest BCUT2D eigenvalue weighted by Crippen LogP contribution is -2.38. The van der Waals surface area contributed by atoms with Gasteiger partial charge < -0.3 is 15.3 Å². The molecule has 0 aromatic heterocycles. The minimum Gasteiger partial charge on any atom is -0.507 e. The van der Waals surface area contributed by atoms with Crippen molar-refractivity contribution in [3.8, 4) is 5.75 Å². The van der Waals surface area contributed by atoms with E-state index in [0.717, 1.165) is 21.2 Å². The first-order valence-electron chi connectivity index (χ1n) is 12.3. The van der Waals surface area contributed by atoms with Crippen LogP contribution in [0.15, 0.2) is 64.1 Å². The first-order chi connectivity index (χ1) is 17.3. The highest BCUT2D eigenvalue weighted by Gasteiger charge is 2.53. The van der Waals surface area contributed by atoms with Crippen molar-refractivity contribution in [3.63, 3.8) is 0 Å². The van der Waals surface area contributed by atoms with Gasteiger partial charge >= 0.3 is 0 Å². The quantitative estimate of drug-likeness (QED) is 0.248. The number of hydrogen-bond acceptors (Lipinski definition) is 5. The van der Waals surface area contributed by atoms with Crippen molar-refractivity contribution in [2.24, 2.45) is 17.8 Å². The Kier molecular flexibility index (Phi) is 8.13. The first kappa shape index (κ1) is 26.3. The van der Waals surface area contributed by atoms with Crippen LogP contribution >= 0.6 is 15.9 Å². The van der Waals surface area contributed by atoms with E-state index in [1.807, 2.05) is 49.4 Å². The summed E-state index contributed by atoms with van der Waals surface area (Å²) >= 11 is 3.46. The molecule has 1 heterocycles. The van der Waals surface area contributed by atoms with E-state index in [2.05, 4.69) is 15.9 Å². The Bertz CT molecular complexity index is 1210. The summed E-state index contributed by atoms with van der Waals surface area (Å²) in [5, 5.41) is 32.1. The van der Waals surface area contributed by atoms with E-state index in [-0.39, 0.29) is 24.2 Å². The maximum Gasteiger partial charge on any atom is 0.233 e. The van der Waals surface area contributed by atoms with Gasteiger partial charge in [-0.2, -0.15) is 0 Å². The molecule has 190 valence electrons. The zero-order valence-corrected chi connectivity index (χ0v) is 22.1. The number of carbonyl (C=O) groups is 2. The monoisotopic (exact) mass is 553 g/mol. The van der Waals surface area contributed by atoms with Crippen LogP contribution in [0.4, 0.5) is 0 Å². The molecule has 2 amide bonds. The smallest absolute Gasteiger partial charge is 0.233 e. The number of hydrogen-bond donors (Lipinski definition) is 3. The normalized spacial score (nSPS) is 23.3. The molecule has 0 unspecified atom stereocenters. The summed E-state index contributed by atoms with van der Waals surface area (Å²) in [6.07, 6.45) is 3.02. The zero-order chi connectivity index (χ0) is 26.0. The highest BCUT2D eigenvalue weighted by atomic mass is 79.9. The third kappa shape index (κ3) is 5.05. The van der Waals surface area contributed by atoms with Crippen molar-refractivity contribution in [1.29, 1.82) is 0 Å². The number of likely N-dealkylation sites (tertiary alicyclic amines) is 1. The van der Waals surface area contributed by atoms with Gasteiger partial charge in [0.2, 0.25) is 11.8 Å². The summed E-state index contributed by atoms with van der Waals surface area (Å²) in [6.45, 7) is 1.68. The van der Waals surface area contributed by atoms with Crippen LogP contribution in [0.25, 0.3) is 11.6 Å². The minimum absolute atomic E-state index is 0.162. The summed E-state index contributed by atoms with van der Waals surface area (Å²) in [5.74, 6) is -1.99. The second-order valence-electron chi connectivity index (χ2n) is 9.57. The lowest BCUT2D eigenvalue weighted by molar-refractivity contribution is -0.138. The minimum atomic E-state index is -0.866. The van der Waals surface area contributed by atoms with Crippen molar-refractivity contribution in [2.75, 3.05) is 13.7 Å². The Hall–Kier alpha value is -2.74. The summed E-state index contributed by atoms with van der Waals surface area (Å²) in [4.78, 5) is 26.7. The number of carbonyl (C=O) groups excluding carboxylic acids is 2. The summed E-state index contributed by atoms with van der Waals surface area (Å²) in [6, 6.07) is 15.1. The molecule has 1 saturated heterocycles. The van der Waals surface area contributed by atoms with E-state index in [4.69, 9.17) is 0 Å². The molecule has 36 heavy (non-hydrogen) atoms. The van der Waals surface area contributed by atoms with Gasteiger partial charge in [0, 0.05) is 23.0 Å². The molecule has 2 aromatic rings. The van der Waals surface area contributed by atoms with Crippen LogP contribution < -0.4 is 0 Å². The van der Waals surface area contributed by atoms with Crippen LogP contribution in [0.2, 0.25) is 0 Å². The van der Waals surface area contributed by atoms with E-state index in [0.29, 0.717) is 36.8 Å².